The Bertz CT molecular complexity index is 364. The molecule has 0 aromatic heterocycles. The van der Waals surface area contributed by atoms with E-state index >= 15 is 0 Å². The van der Waals surface area contributed by atoms with Gasteiger partial charge in [-0.25, -0.2) is 13.1 Å². The second-order valence-electron chi connectivity index (χ2n) is 4.90. The third-order valence-electron chi connectivity index (χ3n) is 3.02. The summed E-state index contributed by atoms with van der Waals surface area (Å²) in [4.78, 5) is 11.4. The largest absolute Gasteiger partial charge is 0.378 e. The van der Waals surface area contributed by atoms with Crippen LogP contribution < -0.4 is 10.0 Å². The van der Waals surface area contributed by atoms with Crippen LogP contribution in [0.4, 0.5) is 0 Å². The fraction of sp³-hybridized carbons (Fsp3) is 0.917. The van der Waals surface area contributed by atoms with Crippen molar-refractivity contribution in [2.75, 3.05) is 26.0 Å². The minimum Gasteiger partial charge on any atom is -0.378 e. The second kappa shape index (κ2) is 8.50. The van der Waals surface area contributed by atoms with Crippen LogP contribution in [-0.4, -0.2) is 46.4 Å². The smallest absolute Gasteiger partial charge is 0.221 e. The highest BCUT2D eigenvalue weighted by Crippen LogP contribution is 2.17. The molecule has 0 bridgehead atoms. The molecule has 1 atom stereocenters. The van der Waals surface area contributed by atoms with E-state index in [9.17, 15) is 13.2 Å². The first kappa shape index (κ1) is 16.4. The van der Waals surface area contributed by atoms with Crippen molar-refractivity contribution in [2.45, 2.75) is 44.6 Å². The first-order valence-corrected chi connectivity index (χ1v) is 8.69. The predicted octanol–water partition coefficient (Wildman–Crippen LogP) is 0.391. The zero-order valence-corrected chi connectivity index (χ0v) is 12.3. The molecule has 6 nitrogen and oxygen atoms in total. The molecule has 0 saturated carbocycles. The number of unbranched alkanes of at least 4 members (excludes halogenated alkanes) is 1. The number of ether oxygens (including phenoxy) is 1. The second-order valence-corrected chi connectivity index (χ2v) is 6.73. The van der Waals surface area contributed by atoms with Gasteiger partial charge in [-0.1, -0.05) is 0 Å². The summed E-state index contributed by atoms with van der Waals surface area (Å²) in [5.74, 6) is -0.117. The Labute approximate surface area is 115 Å². The normalized spacial score (nSPS) is 19.5. The van der Waals surface area contributed by atoms with Gasteiger partial charge in [-0.15, -0.1) is 0 Å². The molecule has 19 heavy (non-hydrogen) atoms. The van der Waals surface area contributed by atoms with Gasteiger partial charge in [0.1, 0.15) is 0 Å². The van der Waals surface area contributed by atoms with Crippen LogP contribution in [0.5, 0.6) is 0 Å². The summed E-state index contributed by atoms with van der Waals surface area (Å²) in [7, 11) is -3.20. The van der Waals surface area contributed by atoms with Crippen LogP contribution >= 0.6 is 0 Å². The van der Waals surface area contributed by atoms with E-state index in [2.05, 4.69) is 10.0 Å². The van der Waals surface area contributed by atoms with Gasteiger partial charge < -0.3 is 10.1 Å². The maximum Gasteiger partial charge on any atom is 0.221 e. The molecule has 112 valence electrons. The lowest BCUT2D eigenvalue weighted by Gasteiger charge is -2.09. The molecule has 0 aliphatic carbocycles. The Kier molecular flexibility index (Phi) is 7.33. The number of amides is 1. The third kappa shape index (κ3) is 8.96. The number of carbonyl (C=O) groups is 1. The number of sulfonamides is 1. The Morgan fingerprint density at radius 3 is 2.74 bits per heavy atom. The topological polar surface area (TPSA) is 84.5 Å². The van der Waals surface area contributed by atoms with E-state index < -0.39 is 10.0 Å². The molecular formula is C12H24N2O4S. The fourth-order valence-electron chi connectivity index (χ4n) is 2.04. The van der Waals surface area contributed by atoms with Crippen molar-refractivity contribution < 1.29 is 17.9 Å². The van der Waals surface area contributed by atoms with Crippen molar-refractivity contribution >= 4 is 15.9 Å². The van der Waals surface area contributed by atoms with Crippen LogP contribution in [0.15, 0.2) is 0 Å². The van der Waals surface area contributed by atoms with E-state index in [1.165, 1.54) is 0 Å². The van der Waals surface area contributed by atoms with Gasteiger partial charge in [-0.2, -0.15) is 0 Å². The van der Waals surface area contributed by atoms with Gasteiger partial charge in [-0.3, -0.25) is 4.79 Å². The summed E-state index contributed by atoms with van der Waals surface area (Å²) in [5, 5.41) is 2.78. The molecule has 7 heteroatoms. The minimum absolute atomic E-state index is 0.117. The molecule has 0 aromatic carbocycles. The zero-order chi connectivity index (χ0) is 14.1. The van der Waals surface area contributed by atoms with Gasteiger partial charge in [0.2, 0.25) is 15.9 Å². The van der Waals surface area contributed by atoms with Gasteiger partial charge in [0.05, 0.1) is 12.4 Å². The summed E-state index contributed by atoms with van der Waals surface area (Å²) < 4.78 is 29.4. The van der Waals surface area contributed by atoms with Crippen LogP contribution in [0.2, 0.25) is 0 Å². The van der Waals surface area contributed by atoms with Crippen molar-refractivity contribution in [3.8, 4) is 0 Å². The van der Waals surface area contributed by atoms with Gasteiger partial charge >= 0.3 is 0 Å². The Balaban J connectivity index is 1.92. The molecule has 0 aromatic rings. The monoisotopic (exact) mass is 292 g/mol. The van der Waals surface area contributed by atoms with Crippen molar-refractivity contribution in [1.82, 2.24) is 10.0 Å². The van der Waals surface area contributed by atoms with Crippen LogP contribution in [0.3, 0.4) is 0 Å². The molecule has 2 N–H and O–H groups in total. The van der Waals surface area contributed by atoms with E-state index in [0.29, 0.717) is 12.6 Å². The molecule has 0 spiro atoms. The standard InChI is InChI=1S/C12H24N2O4S/c1-19(16,17)14-9-7-12(15)13-8-3-2-5-11-6-4-10-18-11/h11,14H,2-10H2,1H3,(H,13,15)/t11-/m0/s1. The molecule has 1 rings (SSSR count). The van der Waals surface area contributed by atoms with Crippen molar-refractivity contribution in [2.24, 2.45) is 0 Å². The van der Waals surface area contributed by atoms with Crippen LogP contribution in [0.25, 0.3) is 0 Å². The van der Waals surface area contributed by atoms with E-state index in [0.717, 1.165) is 45.0 Å². The summed E-state index contributed by atoms with van der Waals surface area (Å²) in [5.41, 5.74) is 0. The van der Waals surface area contributed by atoms with E-state index in [1.54, 1.807) is 0 Å². The van der Waals surface area contributed by atoms with Gasteiger partial charge in [-0.05, 0) is 32.1 Å². The molecule has 0 unspecified atom stereocenters. The Hall–Kier alpha value is -0.660. The van der Waals surface area contributed by atoms with Crippen molar-refractivity contribution in [1.29, 1.82) is 0 Å². The maximum atomic E-state index is 11.4. The fourth-order valence-corrected chi connectivity index (χ4v) is 2.51. The number of hydrogen-bond donors (Lipinski definition) is 2. The molecule has 1 amide bonds. The van der Waals surface area contributed by atoms with E-state index in [4.69, 9.17) is 4.74 Å². The minimum atomic E-state index is -3.20. The number of rotatable bonds is 9. The molecule has 1 saturated heterocycles. The van der Waals surface area contributed by atoms with Crippen LogP contribution in [0.1, 0.15) is 38.5 Å². The number of hydrogen-bond acceptors (Lipinski definition) is 4. The molecule has 1 aliphatic rings. The molecular weight excluding hydrogens is 268 g/mol. The van der Waals surface area contributed by atoms with Gasteiger partial charge in [0, 0.05) is 26.1 Å². The first-order chi connectivity index (χ1) is 8.97. The Morgan fingerprint density at radius 2 is 2.11 bits per heavy atom. The van der Waals surface area contributed by atoms with Crippen LogP contribution in [-0.2, 0) is 19.6 Å². The molecule has 1 aliphatic heterocycles. The van der Waals surface area contributed by atoms with Crippen molar-refractivity contribution in [3.63, 3.8) is 0 Å². The summed E-state index contributed by atoms with van der Waals surface area (Å²) in [6, 6.07) is 0. The van der Waals surface area contributed by atoms with E-state index in [-0.39, 0.29) is 18.9 Å². The summed E-state index contributed by atoms with van der Waals surface area (Å²) in [6.45, 7) is 1.68. The number of nitrogens with one attached hydrogen (secondary N) is 2. The first-order valence-electron chi connectivity index (χ1n) is 6.80. The lowest BCUT2D eigenvalue weighted by molar-refractivity contribution is -0.120. The quantitative estimate of drug-likeness (QED) is 0.602. The predicted molar refractivity (Wildman–Crippen MR) is 73.3 cm³/mol. The summed E-state index contributed by atoms with van der Waals surface area (Å²) in [6.07, 6.45) is 7.03. The third-order valence-corrected chi connectivity index (χ3v) is 3.74. The molecule has 1 fully saturated rings. The van der Waals surface area contributed by atoms with Crippen molar-refractivity contribution in [3.05, 3.63) is 0 Å². The zero-order valence-electron chi connectivity index (χ0n) is 11.5. The molecule has 0 radical (unpaired) electrons. The lowest BCUT2D eigenvalue weighted by atomic mass is 10.1. The highest BCUT2D eigenvalue weighted by Gasteiger charge is 2.14. The highest BCUT2D eigenvalue weighted by molar-refractivity contribution is 7.88. The van der Waals surface area contributed by atoms with Gasteiger partial charge in [0.25, 0.3) is 0 Å². The SMILES string of the molecule is CS(=O)(=O)NCCC(=O)NCCCC[C@H]1CCCO1. The highest BCUT2D eigenvalue weighted by atomic mass is 32.2. The van der Waals surface area contributed by atoms with Gasteiger partial charge in [0.15, 0.2) is 0 Å². The average molecular weight is 292 g/mol. The average Bonchev–Trinajstić information content (AvgIpc) is 2.79. The van der Waals surface area contributed by atoms with E-state index in [1.807, 2.05) is 0 Å². The number of carbonyl (C=O) groups excluding carboxylic acids is 1. The maximum absolute atomic E-state index is 11.4. The lowest BCUT2D eigenvalue weighted by Crippen LogP contribution is -2.30. The van der Waals surface area contributed by atoms with Crippen LogP contribution in [0, 0.1) is 0 Å². The summed E-state index contributed by atoms with van der Waals surface area (Å²) >= 11 is 0. The molecule has 1 heterocycles. The Morgan fingerprint density at radius 1 is 1.32 bits per heavy atom.